The maximum Gasteiger partial charge on any atom is 0.317 e. The van der Waals surface area contributed by atoms with Gasteiger partial charge in [-0.3, -0.25) is 4.79 Å². The van der Waals surface area contributed by atoms with Crippen LogP contribution in [-0.2, 0) is 11.2 Å². The average Bonchev–Trinajstić information content (AvgIpc) is 3.29. The van der Waals surface area contributed by atoms with E-state index < -0.39 is 0 Å². The van der Waals surface area contributed by atoms with Crippen LogP contribution < -0.4 is 14.8 Å². The molecule has 3 amide bonds. The van der Waals surface area contributed by atoms with E-state index in [1.54, 1.807) is 23.3 Å². The van der Waals surface area contributed by atoms with Crippen LogP contribution in [0.1, 0.15) is 43.7 Å². The second-order valence-corrected chi connectivity index (χ2v) is 9.55. The number of methoxy groups -OCH3 is 1. The van der Waals surface area contributed by atoms with Crippen molar-refractivity contribution < 1.29 is 19.1 Å². The number of fused-ring (bicyclic) bond motifs is 1. The van der Waals surface area contributed by atoms with Gasteiger partial charge in [0.2, 0.25) is 5.91 Å². The van der Waals surface area contributed by atoms with Gasteiger partial charge >= 0.3 is 6.03 Å². The van der Waals surface area contributed by atoms with Crippen LogP contribution in [0.25, 0.3) is 0 Å². The third-order valence-electron chi connectivity index (χ3n) is 5.80. The van der Waals surface area contributed by atoms with Crippen molar-refractivity contribution >= 4 is 23.3 Å². The highest BCUT2D eigenvalue weighted by molar-refractivity contribution is 7.10. The van der Waals surface area contributed by atoms with Gasteiger partial charge in [-0.15, -0.1) is 11.3 Å². The highest BCUT2D eigenvalue weighted by atomic mass is 32.1. The molecular formula is C25H35N3O4S. The molecular weight excluding hydrogens is 438 g/mol. The Hall–Kier alpha value is -2.74. The highest BCUT2D eigenvalue weighted by Crippen LogP contribution is 2.35. The molecule has 0 saturated heterocycles. The SMILES string of the molecule is CCNC(=O)N(CCC(C)C)CC(=O)N1CCc2sccc2[C@H]1COc1ccccc1OC. The van der Waals surface area contributed by atoms with Gasteiger partial charge in [0.15, 0.2) is 11.5 Å². The predicted octanol–water partition coefficient (Wildman–Crippen LogP) is 4.34. The molecule has 180 valence electrons. The third-order valence-corrected chi connectivity index (χ3v) is 6.80. The molecule has 1 aromatic heterocycles. The Morgan fingerprint density at radius 2 is 2.00 bits per heavy atom. The number of ether oxygens (including phenoxy) is 2. The summed E-state index contributed by atoms with van der Waals surface area (Å²) in [5, 5.41) is 4.91. The zero-order valence-electron chi connectivity index (χ0n) is 20.0. The number of carbonyl (C=O) groups is 2. The largest absolute Gasteiger partial charge is 0.493 e. The summed E-state index contributed by atoms with van der Waals surface area (Å²) >= 11 is 1.72. The maximum atomic E-state index is 13.5. The number of nitrogens with one attached hydrogen (secondary N) is 1. The van der Waals surface area contributed by atoms with Crippen molar-refractivity contribution in [3.8, 4) is 11.5 Å². The average molecular weight is 474 g/mol. The summed E-state index contributed by atoms with van der Waals surface area (Å²) in [6.07, 6.45) is 1.66. The fourth-order valence-electron chi connectivity index (χ4n) is 3.96. The molecule has 33 heavy (non-hydrogen) atoms. The Labute approximate surface area is 200 Å². The van der Waals surface area contributed by atoms with Gasteiger partial charge in [-0.1, -0.05) is 26.0 Å². The molecule has 1 aliphatic heterocycles. The Balaban J connectivity index is 1.77. The summed E-state index contributed by atoms with van der Waals surface area (Å²) in [6, 6.07) is 9.19. The Morgan fingerprint density at radius 1 is 1.24 bits per heavy atom. The summed E-state index contributed by atoms with van der Waals surface area (Å²) in [5.74, 6) is 1.70. The van der Waals surface area contributed by atoms with Gasteiger partial charge in [-0.05, 0) is 54.8 Å². The number of benzene rings is 1. The van der Waals surface area contributed by atoms with Crippen LogP contribution >= 0.6 is 11.3 Å². The monoisotopic (exact) mass is 473 g/mol. The molecule has 1 aromatic carbocycles. The minimum Gasteiger partial charge on any atom is -0.493 e. The Morgan fingerprint density at radius 3 is 2.70 bits per heavy atom. The van der Waals surface area contributed by atoms with Crippen molar-refractivity contribution in [1.82, 2.24) is 15.1 Å². The number of nitrogens with zero attached hydrogens (tertiary/aromatic N) is 2. The number of amides is 3. The topological polar surface area (TPSA) is 71.1 Å². The zero-order chi connectivity index (χ0) is 23.8. The van der Waals surface area contributed by atoms with Gasteiger partial charge in [0, 0.05) is 24.5 Å². The van der Waals surface area contributed by atoms with Gasteiger partial charge < -0.3 is 24.6 Å². The third kappa shape index (κ3) is 6.41. The zero-order valence-corrected chi connectivity index (χ0v) is 20.8. The van der Waals surface area contributed by atoms with Gasteiger partial charge in [0.05, 0.1) is 13.2 Å². The van der Waals surface area contributed by atoms with E-state index in [0.29, 0.717) is 43.7 Å². The number of carbonyl (C=O) groups excluding carboxylic acids is 2. The second-order valence-electron chi connectivity index (χ2n) is 8.55. The van der Waals surface area contributed by atoms with Crippen molar-refractivity contribution in [3.63, 3.8) is 0 Å². The first-order valence-electron chi connectivity index (χ1n) is 11.6. The fourth-order valence-corrected chi connectivity index (χ4v) is 4.89. The van der Waals surface area contributed by atoms with E-state index in [4.69, 9.17) is 9.47 Å². The molecule has 8 heteroatoms. The lowest BCUT2D eigenvalue weighted by Gasteiger charge is -2.37. The molecule has 0 aliphatic carbocycles. The lowest BCUT2D eigenvalue weighted by molar-refractivity contribution is -0.135. The van der Waals surface area contributed by atoms with E-state index in [1.165, 1.54) is 4.88 Å². The van der Waals surface area contributed by atoms with Crippen LogP contribution in [-0.4, -0.2) is 61.6 Å². The van der Waals surface area contributed by atoms with E-state index in [9.17, 15) is 9.59 Å². The molecule has 1 N–H and O–H groups in total. The van der Waals surface area contributed by atoms with Crippen LogP contribution in [0.5, 0.6) is 11.5 Å². The predicted molar refractivity (Wildman–Crippen MR) is 131 cm³/mol. The van der Waals surface area contributed by atoms with Crippen LogP contribution in [0.4, 0.5) is 4.79 Å². The van der Waals surface area contributed by atoms with Crippen LogP contribution in [0.3, 0.4) is 0 Å². The molecule has 1 aliphatic rings. The molecule has 0 unspecified atom stereocenters. The van der Waals surface area contributed by atoms with Crippen molar-refractivity contribution in [2.45, 2.75) is 39.7 Å². The smallest absolute Gasteiger partial charge is 0.317 e. The van der Waals surface area contributed by atoms with Crippen LogP contribution in [0, 0.1) is 5.92 Å². The van der Waals surface area contributed by atoms with Gasteiger partial charge in [0.25, 0.3) is 0 Å². The summed E-state index contributed by atoms with van der Waals surface area (Å²) < 4.78 is 11.5. The first-order valence-corrected chi connectivity index (χ1v) is 12.5. The lowest BCUT2D eigenvalue weighted by atomic mass is 10.0. The van der Waals surface area contributed by atoms with Crippen molar-refractivity contribution in [2.75, 3.05) is 39.9 Å². The number of urea groups is 1. The number of thiophene rings is 1. The van der Waals surface area contributed by atoms with Gasteiger partial charge in [-0.2, -0.15) is 0 Å². The summed E-state index contributed by atoms with van der Waals surface area (Å²) in [4.78, 5) is 30.9. The molecule has 0 radical (unpaired) electrons. The summed E-state index contributed by atoms with van der Waals surface area (Å²) in [7, 11) is 1.61. The minimum absolute atomic E-state index is 0.0587. The van der Waals surface area contributed by atoms with E-state index in [0.717, 1.165) is 18.4 Å². The van der Waals surface area contributed by atoms with Crippen molar-refractivity contribution in [1.29, 1.82) is 0 Å². The molecule has 0 bridgehead atoms. The number of para-hydroxylation sites is 2. The van der Waals surface area contributed by atoms with Crippen molar-refractivity contribution in [2.24, 2.45) is 5.92 Å². The van der Waals surface area contributed by atoms with E-state index in [-0.39, 0.29) is 24.5 Å². The van der Waals surface area contributed by atoms with Crippen LogP contribution in [0.2, 0.25) is 0 Å². The molecule has 7 nitrogen and oxygen atoms in total. The molecule has 0 fully saturated rings. The first-order chi connectivity index (χ1) is 15.9. The summed E-state index contributed by atoms with van der Waals surface area (Å²) in [5.41, 5.74) is 1.13. The van der Waals surface area contributed by atoms with Gasteiger partial charge in [0.1, 0.15) is 13.2 Å². The molecule has 2 heterocycles. The summed E-state index contributed by atoms with van der Waals surface area (Å²) in [6.45, 7) is 8.19. The van der Waals surface area contributed by atoms with E-state index in [1.807, 2.05) is 36.1 Å². The lowest BCUT2D eigenvalue weighted by Crippen LogP contribution is -2.50. The fraction of sp³-hybridized carbons (Fsp3) is 0.520. The van der Waals surface area contributed by atoms with Crippen molar-refractivity contribution in [3.05, 3.63) is 46.2 Å². The molecule has 0 spiro atoms. The molecule has 1 atom stereocenters. The van der Waals surface area contributed by atoms with E-state index in [2.05, 4.69) is 30.6 Å². The number of hydrogen-bond donors (Lipinski definition) is 1. The maximum absolute atomic E-state index is 13.5. The molecule has 3 rings (SSSR count). The highest BCUT2D eigenvalue weighted by Gasteiger charge is 2.33. The quantitative estimate of drug-likeness (QED) is 0.557. The molecule has 0 saturated carbocycles. The minimum atomic E-state index is -0.210. The standard InChI is InChI=1S/C25H35N3O4S/c1-5-26-25(30)27(13-10-18(2)3)16-24(29)28-14-11-23-19(12-15-33-23)20(28)17-32-22-9-7-6-8-21(22)31-4/h6-9,12,15,18,20H,5,10-11,13-14,16-17H2,1-4H3,(H,26,30)/t20-/m1/s1. The Bertz CT molecular complexity index is 930. The number of hydrogen-bond acceptors (Lipinski definition) is 5. The van der Waals surface area contributed by atoms with Gasteiger partial charge in [-0.25, -0.2) is 4.79 Å². The Kier molecular flexibility index (Phi) is 9.00. The van der Waals surface area contributed by atoms with Crippen LogP contribution in [0.15, 0.2) is 35.7 Å². The number of rotatable bonds is 10. The normalized spacial score (nSPS) is 15.2. The van der Waals surface area contributed by atoms with E-state index >= 15 is 0 Å². The molecule has 2 aromatic rings. The second kappa shape index (κ2) is 11.9. The first kappa shape index (κ1) is 24.9.